The van der Waals surface area contributed by atoms with Crippen molar-refractivity contribution in [3.63, 3.8) is 0 Å². The van der Waals surface area contributed by atoms with E-state index in [0.29, 0.717) is 13.2 Å². The highest BCUT2D eigenvalue weighted by molar-refractivity contribution is 7.10. The van der Waals surface area contributed by atoms with Crippen LogP contribution >= 0.6 is 11.3 Å². The summed E-state index contributed by atoms with van der Waals surface area (Å²) in [7, 11) is 2.13. The van der Waals surface area contributed by atoms with E-state index < -0.39 is 0 Å². The highest BCUT2D eigenvalue weighted by atomic mass is 32.1. The standard InChI is InChI=1S/C19H26N4O2S/c1-13-19(16-12-25-8-7-21(16)3)14(2)23(20-13)11-18(24)22-6-4-17-15(10-22)5-9-26-17/h5,9,16H,4,6-8,10-12H2,1-3H3. The van der Waals surface area contributed by atoms with Gasteiger partial charge in [0.25, 0.3) is 0 Å². The molecule has 4 heterocycles. The van der Waals surface area contributed by atoms with Gasteiger partial charge in [0.2, 0.25) is 5.91 Å². The fraction of sp³-hybridized carbons (Fsp3) is 0.579. The number of carbonyl (C=O) groups excluding carboxylic acids is 1. The van der Waals surface area contributed by atoms with Crippen LogP contribution in [0.2, 0.25) is 0 Å². The number of hydrogen-bond donors (Lipinski definition) is 0. The molecule has 1 amide bonds. The number of morpholine rings is 1. The predicted molar refractivity (Wildman–Crippen MR) is 101 cm³/mol. The van der Waals surface area contributed by atoms with Crippen molar-refractivity contribution in [1.29, 1.82) is 0 Å². The minimum Gasteiger partial charge on any atom is -0.378 e. The molecule has 1 fully saturated rings. The summed E-state index contributed by atoms with van der Waals surface area (Å²) in [5, 5.41) is 6.80. The molecule has 26 heavy (non-hydrogen) atoms. The van der Waals surface area contributed by atoms with Gasteiger partial charge in [0.15, 0.2) is 0 Å². The molecule has 0 N–H and O–H groups in total. The summed E-state index contributed by atoms with van der Waals surface area (Å²) in [6.45, 7) is 8.32. The van der Waals surface area contributed by atoms with Gasteiger partial charge in [-0.1, -0.05) is 0 Å². The lowest BCUT2D eigenvalue weighted by Crippen LogP contribution is -2.38. The molecule has 0 saturated carbocycles. The van der Waals surface area contributed by atoms with Gasteiger partial charge in [-0.25, -0.2) is 0 Å². The number of rotatable bonds is 3. The Bertz CT molecular complexity index is 813. The Balaban J connectivity index is 1.50. The summed E-state index contributed by atoms with van der Waals surface area (Å²) in [5.41, 5.74) is 4.58. The zero-order chi connectivity index (χ0) is 18.3. The lowest BCUT2D eigenvalue weighted by molar-refractivity contribution is -0.133. The summed E-state index contributed by atoms with van der Waals surface area (Å²) in [6, 6.07) is 2.36. The Morgan fingerprint density at radius 2 is 2.23 bits per heavy atom. The SMILES string of the molecule is Cc1nn(CC(=O)N2CCc3sccc3C2)c(C)c1C1COCCN1C. The monoisotopic (exact) mass is 374 g/mol. The van der Waals surface area contributed by atoms with Crippen LogP contribution in [-0.4, -0.2) is 58.8 Å². The Hall–Kier alpha value is -1.70. The van der Waals surface area contributed by atoms with Crippen LogP contribution in [0.5, 0.6) is 0 Å². The van der Waals surface area contributed by atoms with Crippen LogP contribution in [0.4, 0.5) is 0 Å². The van der Waals surface area contributed by atoms with Gasteiger partial charge in [-0.15, -0.1) is 11.3 Å². The average molecular weight is 375 g/mol. The number of hydrogen-bond acceptors (Lipinski definition) is 5. The van der Waals surface area contributed by atoms with Crippen LogP contribution in [0.15, 0.2) is 11.4 Å². The first-order chi connectivity index (χ1) is 12.5. The number of likely N-dealkylation sites (N-methyl/N-ethyl adjacent to an activating group) is 1. The van der Waals surface area contributed by atoms with Gasteiger partial charge < -0.3 is 9.64 Å². The van der Waals surface area contributed by atoms with Crippen molar-refractivity contribution >= 4 is 17.2 Å². The van der Waals surface area contributed by atoms with Gasteiger partial charge in [-0.2, -0.15) is 5.10 Å². The van der Waals surface area contributed by atoms with E-state index >= 15 is 0 Å². The van der Waals surface area contributed by atoms with Gasteiger partial charge in [0, 0.05) is 35.8 Å². The van der Waals surface area contributed by atoms with Gasteiger partial charge in [-0.05, 0) is 44.3 Å². The molecule has 0 aliphatic carbocycles. The zero-order valence-electron chi connectivity index (χ0n) is 15.7. The second-order valence-electron chi connectivity index (χ2n) is 7.25. The molecule has 6 nitrogen and oxygen atoms in total. The van der Waals surface area contributed by atoms with E-state index in [9.17, 15) is 4.79 Å². The quantitative estimate of drug-likeness (QED) is 0.826. The number of amides is 1. The molecule has 1 atom stereocenters. The third kappa shape index (κ3) is 3.19. The zero-order valence-corrected chi connectivity index (χ0v) is 16.5. The molecule has 0 aromatic carbocycles. The van der Waals surface area contributed by atoms with Gasteiger partial charge in [0.05, 0.1) is 24.9 Å². The summed E-state index contributed by atoms with van der Waals surface area (Å²) < 4.78 is 7.55. The Morgan fingerprint density at radius 1 is 1.38 bits per heavy atom. The molecular formula is C19H26N4O2S. The van der Waals surface area contributed by atoms with Crippen LogP contribution in [0.25, 0.3) is 0 Å². The summed E-state index contributed by atoms with van der Waals surface area (Å²) >= 11 is 1.79. The van der Waals surface area contributed by atoms with E-state index in [-0.39, 0.29) is 11.9 Å². The molecular weight excluding hydrogens is 348 g/mol. The topological polar surface area (TPSA) is 50.6 Å². The Morgan fingerprint density at radius 3 is 3.04 bits per heavy atom. The van der Waals surface area contributed by atoms with Gasteiger partial charge >= 0.3 is 0 Å². The second-order valence-corrected chi connectivity index (χ2v) is 8.25. The molecule has 0 spiro atoms. The van der Waals surface area contributed by atoms with Crippen molar-refractivity contribution in [2.75, 3.05) is 33.4 Å². The molecule has 2 aliphatic heterocycles. The molecule has 1 unspecified atom stereocenters. The van der Waals surface area contributed by atoms with Crippen LogP contribution in [0.1, 0.15) is 33.4 Å². The van der Waals surface area contributed by atoms with Crippen molar-refractivity contribution in [1.82, 2.24) is 19.6 Å². The number of carbonyl (C=O) groups is 1. The number of nitrogens with zero attached hydrogens (tertiary/aromatic N) is 4. The fourth-order valence-corrected chi connectivity index (χ4v) is 4.92. The van der Waals surface area contributed by atoms with Crippen molar-refractivity contribution in [2.45, 2.75) is 39.4 Å². The molecule has 7 heteroatoms. The lowest BCUT2D eigenvalue weighted by Gasteiger charge is -2.32. The molecule has 2 aromatic heterocycles. The van der Waals surface area contributed by atoms with Crippen LogP contribution in [0, 0.1) is 13.8 Å². The van der Waals surface area contributed by atoms with E-state index in [2.05, 4.69) is 35.4 Å². The number of fused-ring (bicyclic) bond motifs is 1. The highest BCUT2D eigenvalue weighted by Crippen LogP contribution is 2.29. The van der Waals surface area contributed by atoms with Gasteiger partial charge in [0.1, 0.15) is 6.54 Å². The molecule has 140 valence electrons. The first kappa shape index (κ1) is 17.7. The number of aromatic nitrogens is 2. The maximum Gasteiger partial charge on any atom is 0.244 e. The summed E-state index contributed by atoms with van der Waals surface area (Å²) in [6.07, 6.45) is 0.964. The first-order valence-electron chi connectivity index (χ1n) is 9.19. The number of aryl methyl sites for hydroxylation is 1. The Labute approximate surface area is 158 Å². The van der Waals surface area contributed by atoms with E-state index in [1.54, 1.807) is 11.3 Å². The van der Waals surface area contributed by atoms with Gasteiger partial charge in [-0.3, -0.25) is 14.4 Å². The molecule has 4 rings (SSSR count). The van der Waals surface area contributed by atoms with Crippen LogP contribution in [0.3, 0.4) is 0 Å². The lowest BCUT2D eigenvalue weighted by atomic mass is 10.0. The van der Waals surface area contributed by atoms with Crippen molar-refractivity contribution < 1.29 is 9.53 Å². The molecule has 0 radical (unpaired) electrons. The maximum absolute atomic E-state index is 12.8. The molecule has 2 aliphatic rings. The minimum atomic E-state index is 0.146. The van der Waals surface area contributed by atoms with E-state index in [1.165, 1.54) is 16.0 Å². The largest absolute Gasteiger partial charge is 0.378 e. The van der Waals surface area contributed by atoms with Crippen LogP contribution < -0.4 is 0 Å². The Kier molecular flexibility index (Phi) is 4.86. The van der Waals surface area contributed by atoms with E-state index in [0.717, 1.165) is 44.0 Å². The minimum absolute atomic E-state index is 0.146. The average Bonchev–Trinajstić information content (AvgIpc) is 3.20. The molecule has 1 saturated heterocycles. The fourth-order valence-electron chi connectivity index (χ4n) is 4.03. The summed E-state index contributed by atoms with van der Waals surface area (Å²) in [4.78, 5) is 18.5. The molecule has 0 bridgehead atoms. The van der Waals surface area contributed by atoms with Crippen molar-refractivity contribution in [3.8, 4) is 0 Å². The smallest absolute Gasteiger partial charge is 0.244 e. The van der Waals surface area contributed by atoms with E-state index in [1.807, 2.05) is 16.5 Å². The van der Waals surface area contributed by atoms with E-state index in [4.69, 9.17) is 4.74 Å². The van der Waals surface area contributed by atoms with Crippen LogP contribution in [-0.2, 0) is 29.0 Å². The maximum atomic E-state index is 12.8. The molecule has 2 aromatic rings. The van der Waals surface area contributed by atoms with Crippen molar-refractivity contribution in [3.05, 3.63) is 38.8 Å². The number of ether oxygens (including phenoxy) is 1. The second kappa shape index (κ2) is 7.13. The third-order valence-electron chi connectivity index (χ3n) is 5.61. The normalized spacial score (nSPS) is 21.0. The number of thiophene rings is 1. The first-order valence-corrected chi connectivity index (χ1v) is 10.1. The summed E-state index contributed by atoms with van der Waals surface area (Å²) in [5.74, 6) is 0.146. The highest BCUT2D eigenvalue weighted by Gasteiger charge is 2.28. The van der Waals surface area contributed by atoms with Crippen molar-refractivity contribution in [2.24, 2.45) is 0 Å². The third-order valence-corrected chi connectivity index (χ3v) is 6.64. The predicted octanol–water partition coefficient (Wildman–Crippen LogP) is 2.15.